The number of carbonyl (C=O) groups is 1. The van der Waals surface area contributed by atoms with Crippen molar-refractivity contribution in [2.24, 2.45) is 5.73 Å². The predicted octanol–water partition coefficient (Wildman–Crippen LogP) is 1.49. The molecule has 0 aromatic heterocycles. The Morgan fingerprint density at radius 1 is 1.46 bits per heavy atom. The van der Waals surface area contributed by atoms with Gasteiger partial charge >= 0.3 is 5.97 Å². The summed E-state index contributed by atoms with van der Waals surface area (Å²) in [5, 5.41) is 0. The first-order valence-corrected chi connectivity index (χ1v) is 4.09. The predicted molar refractivity (Wildman–Crippen MR) is 50.4 cm³/mol. The van der Waals surface area contributed by atoms with Crippen LogP contribution >= 0.6 is 0 Å². The van der Waals surface area contributed by atoms with Crippen LogP contribution in [0.3, 0.4) is 0 Å². The molecule has 0 saturated carbocycles. The molecule has 0 radical (unpaired) electrons. The lowest BCUT2D eigenvalue weighted by Crippen LogP contribution is -2.12. The monoisotopic (exact) mass is 179 g/mol. The molecule has 1 atom stereocenters. The van der Waals surface area contributed by atoms with Gasteiger partial charge in [0.2, 0.25) is 0 Å². The van der Waals surface area contributed by atoms with Gasteiger partial charge in [0.15, 0.2) is 0 Å². The number of nitrogens with two attached hydrogens (primary N) is 1. The third-order valence-corrected chi connectivity index (χ3v) is 1.86. The van der Waals surface area contributed by atoms with Crippen molar-refractivity contribution in [2.75, 3.05) is 7.11 Å². The lowest BCUT2D eigenvalue weighted by molar-refractivity contribution is 0.0599. The molecule has 0 bridgehead atoms. The number of benzene rings is 1. The first kappa shape index (κ1) is 9.74. The average molecular weight is 179 g/mol. The molecule has 1 aromatic rings. The van der Waals surface area contributed by atoms with E-state index >= 15 is 0 Å². The Balaban J connectivity index is 3.12. The maximum absolute atomic E-state index is 11.3. The van der Waals surface area contributed by atoms with Crippen molar-refractivity contribution in [1.29, 1.82) is 0 Å². The zero-order chi connectivity index (χ0) is 9.84. The molecule has 3 nitrogen and oxygen atoms in total. The van der Waals surface area contributed by atoms with E-state index in [9.17, 15) is 4.79 Å². The van der Waals surface area contributed by atoms with Crippen molar-refractivity contribution in [3.63, 3.8) is 0 Å². The second kappa shape index (κ2) is 4.05. The summed E-state index contributed by atoms with van der Waals surface area (Å²) in [5.74, 6) is -0.340. The molecule has 0 unspecified atom stereocenters. The van der Waals surface area contributed by atoms with Gasteiger partial charge in [0.05, 0.1) is 12.7 Å². The summed E-state index contributed by atoms with van der Waals surface area (Å²) in [6.07, 6.45) is 0. The Kier molecular flexibility index (Phi) is 3.03. The second-order valence-electron chi connectivity index (χ2n) is 2.87. The average Bonchev–Trinajstić information content (AvgIpc) is 2.16. The standard InChI is InChI=1S/C10H13NO2/c1-7(11)8-5-3-4-6-9(8)10(12)13-2/h3-7H,11H2,1-2H3/t7-/m1/s1. The number of carbonyl (C=O) groups excluding carboxylic acids is 1. The van der Waals surface area contributed by atoms with Gasteiger partial charge in [-0.3, -0.25) is 0 Å². The smallest absolute Gasteiger partial charge is 0.338 e. The van der Waals surface area contributed by atoms with Gasteiger partial charge in [-0.15, -0.1) is 0 Å². The number of hydrogen-bond donors (Lipinski definition) is 1. The van der Waals surface area contributed by atoms with Crippen molar-refractivity contribution >= 4 is 5.97 Å². The van der Waals surface area contributed by atoms with E-state index in [1.54, 1.807) is 12.1 Å². The molecular formula is C10H13NO2. The van der Waals surface area contributed by atoms with E-state index in [1.165, 1.54) is 7.11 Å². The molecule has 0 fully saturated rings. The van der Waals surface area contributed by atoms with E-state index < -0.39 is 0 Å². The molecule has 0 heterocycles. The van der Waals surface area contributed by atoms with Gasteiger partial charge < -0.3 is 10.5 Å². The minimum atomic E-state index is -0.340. The Labute approximate surface area is 77.5 Å². The largest absolute Gasteiger partial charge is 0.465 e. The van der Waals surface area contributed by atoms with Gasteiger partial charge in [-0.2, -0.15) is 0 Å². The summed E-state index contributed by atoms with van der Waals surface area (Å²) < 4.78 is 4.63. The maximum atomic E-state index is 11.3. The molecular weight excluding hydrogens is 166 g/mol. The Morgan fingerprint density at radius 3 is 2.62 bits per heavy atom. The van der Waals surface area contributed by atoms with Gasteiger partial charge in [-0.25, -0.2) is 4.79 Å². The number of ether oxygens (including phenoxy) is 1. The van der Waals surface area contributed by atoms with Crippen LogP contribution in [0.25, 0.3) is 0 Å². The molecule has 0 aliphatic carbocycles. The summed E-state index contributed by atoms with van der Waals surface area (Å²) >= 11 is 0. The fourth-order valence-corrected chi connectivity index (χ4v) is 1.19. The van der Waals surface area contributed by atoms with Crippen LogP contribution in [0, 0.1) is 0 Å². The van der Waals surface area contributed by atoms with Crippen LogP contribution in [0.4, 0.5) is 0 Å². The molecule has 3 heteroatoms. The molecule has 1 aromatic carbocycles. The summed E-state index contributed by atoms with van der Waals surface area (Å²) in [5.41, 5.74) is 7.06. The first-order valence-electron chi connectivity index (χ1n) is 4.09. The van der Waals surface area contributed by atoms with Crippen molar-refractivity contribution in [2.45, 2.75) is 13.0 Å². The van der Waals surface area contributed by atoms with Crippen LogP contribution in [0.5, 0.6) is 0 Å². The van der Waals surface area contributed by atoms with Gasteiger partial charge in [-0.1, -0.05) is 18.2 Å². The van der Waals surface area contributed by atoms with Gasteiger partial charge in [0, 0.05) is 6.04 Å². The van der Waals surface area contributed by atoms with E-state index in [0.717, 1.165) is 5.56 Å². The van der Waals surface area contributed by atoms with E-state index in [-0.39, 0.29) is 12.0 Å². The van der Waals surface area contributed by atoms with Gasteiger partial charge in [-0.05, 0) is 18.6 Å². The minimum Gasteiger partial charge on any atom is -0.465 e. The van der Waals surface area contributed by atoms with Crippen molar-refractivity contribution < 1.29 is 9.53 Å². The Morgan fingerprint density at radius 2 is 2.08 bits per heavy atom. The highest BCUT2D eigenvalue weighted by Crippen LogP contribution is 2.15. The highest BCUT2D eigenvalue weighted by molar-refractivity contribution is 5.91. The second-order valence-corrected chi connectivity index (χ2v) is 2.87. The van der Waals surface area contributed by atoms with Crippen LogP contribution in [-0.2, 0) is 4.74 Å². The van der Waals surface area contributed by atoms with E-state index in [2.05, 4.69) is 4.74 Å². The minimum absolute atomic E-state index is 0.157. The van der Waals surface area contributed by atoms with E-state index in [1.807, 2.05) is 19.1 Å². The normalized spacial score (nSPS) is 12.2. The molecule has 70 valence electrons. The van der Waals surface area contributed by atoms with Gasteiger partial charge in [0.25, 0.3) is 0 Å². The van der Waals surface area contributed by atoms with Crippen molar-refractivity contribution in [3.8, 4) is 0 Å². The van der Waals surface area contributed by atoms with Crippen molar-refractivity contribution in [3.05, 3.63) is 35.4 Å². The summed E-state index contributed by atoms with van der Waals surface area (Å²) in [7, 11) is 1.36. The zero-order valence-corrected chi connectivity index (χ0v) is 7.78. The molecule has 0 aliphatic rings. The summed E-state index contributed by atoms with van der Waals surface area (Å²) in [4.78, 5) is 11.3. The Hall–Kier alpha value is -1.35. The fourth-order valence-electron chi connectivity index (χ4n) is 1.19. The molecule has 1 rings (SSSR count). The van der Waals surface area contributed by atoms with Crippen LogP contribution < -0.4 is 5.73 Å². The van der Waals surface area contributed by atoms with Crippen LogP contribution in [0.15, 0.2) is 24.3 Å². The molecule has 13 heavy (non-hydrogen) atoms. The zero-order valence-electron chi connectivity index (χ0n) is 7.78. The molecule has 0 aliphatic heterocycles. The Bertz CT molecular complexity index is 308. The molecule has 0 spiro atoms. The quantitative estimate of drug-likeness (QED) is 0.700. The molecule has 0 saturated heterocycles. The van der Waals surface area contributed by atoms with Crippen LogP contribution in [0.1, 0.15) is 28.9 Å². The van der Waals surface area contributed by atoms with Crippen LogP contribution in [0.2, 0.25) is 0 Å². The number of hydrogen-bond acceptors (Lipinski definition) is 3. The number of methoxy groups -OCH3 is 1. The first-order chi connectivity index (χ1) is 6.16. The highest BCUT2D eigenvalue weighted by atomic mass is 16.5. The third-order valence-electron chi connectivity index (χ3n) is 1.86. The lowest BCUT2D eigenvalue weighted by Gasteiger charge is -2.09. The SMILES string of the molecule is COC(=O)c1ccccc1[C@@H](C)N. The van der Waals surface area contributed by atoms with Gasteiger partial charge in [0.1, 0.15) is 0 Å². The van der Waals surface area contributed by atoms with E-state index in [4.69, 9.17) is 5.73 Å². The molecule has 0 amide bonds. The van der Waals surface area contributed by atoms with Crippen molar-refractivity contribution in [1.82, 2.24) is 0 Å². The van der Waals surface area contributed by atoms with E-state index in [0.29, 0.717) is 5.56 Å². The lowest BCUT2D eigenvalue weighted by atomic mass is 10.0. The summed E-state index contributed by atoms with van der Waals surface area (Å²) in [6, 6.07) is 7.03. The third kappa shape index (κ3) is 2.06. The fraction of sp³-hybridized carbons (Fsp3) is 0.300. The number of esters is 1. The topological polar surface area (TPSA) is 52.3 Å². The summed E-state index contributed by atoms with van der Waals surface area (Å²) in [6.45, 7) is 1.84. The highest BCUT2D eigenvalue weighted by Gasteiger charge is 2.12. The maximum Gasteiger partial charge on any atom is 0.338 e. The number of rotatable bonds is 2. The molecule has 2 N–H and O–H groups in total. The van der Waals surface area contributed by atoms with Crippen LogP contribution in [-0.4, -0.2) is 13.1 Å².